The van der Waals surface area contributed by atoms with Crippen LogP contribution in [0.1, 0.15) is 33.3 Å². The van der Waals surface area contributed by atoms with E-state index in [-0.39, 0.29) is 5.69 Å². The molecule has 28 heavy (non-hydrogen) atoms. The van der Waals surface area contributed by atoms with Crippen molar-refractivity contribution in [2.75, 3.05) is 12.4 Å². The summed E-state index contributed by atoms with van der Waals surface area (Å²) < 4.78 is 17.2. The van der Waals surface area contributed by atoms with Crippen LogP contribution < -0.4 is 15.5 Å². The van der Waals surface area contributed by atoms with Crippen molar-refractivity contribution >= 4 is 24.0 Å². The Balaban J connectivity index is 1.87. The van der Waals surface area contributed by atoms with Gasteiger partial charge >= 0.3 is 7.12 Å². The lowest BCUT2D eigenvalue weighted by atomic mass is 9.77. The number of rotatable bonds is 6. The van der Waals surface area contributed by atoms with Crippen molar-refractivity contribution in [3.05, 3.63) is 58.1 Å². The fourth-order valence-corrected chi connectivity index (χ4v) is 3.01. The summed E-state index contributed by atoms with van der Waals surface area (Å²) in [4.78, 5) is 11.5. The summed E-state index contributed by atoms with van der Waals surface area (Å²) in [7, 11) is 0.811. The zero-order chi connectivity index (χ0) is 20.5. The monoisotopic (exact) mass is 384 g/mol. The Morgan fingerprint density at radius 3 is 2.21 bits per heavy atom. The molecule has 0 amide bonds. The maximum atomic E-state index is 11.9. The highest BCUT2D eigenvalue weighted by Crippen LogP contribution is 2.38. The Kier molecular flexibility index (Phi) is 5.36. The van der Waals surface area contributed by atoms with Crippen molar-refractivity contribution in [2.24, 2.45) is 0 Å². The minimum Gasteiger partial charge on any atom is -0.497 e. The zero-order valence-corrected chi connectivity index (χ0v) is 16.8. The van der Waals surface area contributed by atoms with E-state index in [1.807, 2.05) is 52.0 Å². The lowest BCUT2D eigenvalue weighted by Gasteiger charge is -2.32. The second-order valence-corrected chi connectivity index (χ2v) is 7.79. The van der Waals surface area contributed by atoms with Gasteiger partial charge in [0.25, 0.3) is 5.69 Å². The smallest absolute Gasteiger partial charge is 0.497 e. The van der Waals surface area contributed by atoms with Crippen LogP contribution >= 0.6 is 0 Å². The van der Waals surface area contributed by atoms with Gasteiger partial charge in [-0.2, -0.15) is 0 Å². The number of methoxy groups -OCH3 is 1. The van der Waals surface area contributed by atoms with Crippen molar-refractivity contribution < 1.29 is 19.0 Å². The summed E-state index contributed by atoms with van der Waals surface area (Å²) >= 11 is 0. The Bertz CT molecular complexity index is 851. The van der Waals surface area contributed by atoms with Crippen molar-refractivity contribution in [3.63, 3.8) is 0 Å². The molecule has 0 spiro atoms. The van der Waals surface area contributed by atoms with Crippen LogP contribution in [0.15, 0.2) is 42.5 Å². The van der Waals surface area contributed by atoms with Crippen molar-refractivity contribution in [1.29, 1.82) is 0 Å². The minimum absolute atomic E-state index is 0.0329. The molecule has 3 rings (SSSR count). The average molecular weight is 384 g/mol. The molecule has 1 aliphatic rings. The lowest BCUT2D eigenvalue weighted by molar-refractivity contribution is -0.382. The van der Waals surface area contributed by atoms with E-state index in [1.165, 1.54) is 0 Å². The fraction of sp³-hybridized carbons (Fsp3) is 0.400. The molecule has 1 heterocycles. The number of nitrogens with one attached hydrogen (secondary N) is 1. The zero-order valence-electron chi connectivity index (χ0n) is 16.8. The molecular formula is C20H25BN2O5. The van der Waals surface area contributed by atoms with Crippen molar-refractivity contribution in [2.45, 2.75) is 45.4 Å². The number of ether oxygens (including phenoxy) is 1. The van der Waals surface area contributed by atoms with Crippen LogP contribution in [0.5, 0.6) is 5.75 Å². The summed E-state index contributed by atoms with van der Waals surface area (Å²) in [5.41, 5.74) is 0.637. The molecule has 0 saturated carbocycles. The molecule has 1 N–H and O–H groups in total. The maximum Gasteiger partial charge on any atom is 0.502 e. The van der Waals surface area contributed by atoms with Crippen LogP contribution in [0.2, 0.25) is 0 Å². The molecule has 1 saturated heterocycles. The molecule has 0 bridgehead atoms. The predicted molar refractivity (Wildman–Crippen MR) is 109 cm³/mol. The first kappa shape index (κ1) is 20.2. The van der Waals surface area contributed by atoms with Gasteiger partial charge in [0.15, 0.2) is 0 Å². The van der Waals surface area contributed by atoms with E-state index in [4.69, 9.17) is 14.0 Å². The molecule has 1 aliphatic heterocycles. The first-order valence-corrected chi connectivity index (χ1v) is 9.14. The summed E-state index contributed by atoms with van der Waals surface area (Å²) in [5.74, 6) is 0.762. The van der Waals surface area contributed by atoms with Gasteiger partial charge in [0.05, 0.1) is 28.7 Å². The second-order valence-electron chi connectivity index (χ2n) is 7.79. The summed E-state index contributed by atoms with van der Waals surface area (Å²) in [6, 6.07) is 12.7. The fourth-order valence-electron chi connectivity index (χ4n) is 3.01. The van der Waals surface area contributed by atoms with Gasteiger partial charge < -0.3 is 19.4 Å². The van der Waals surface area contributed by atoms with Gasteiger partial charge in [-0.25, -0.2) is 0 Å². The van der Waals surface area contributed by atoms with Gasteiger partial charge in [0.1, 0.15) is 11.4 Å². The second kappa shape index (κ2) is 7.45. The van der Waals surface area contributed by atoms with Crippen LogP contribution in [-0.4, -0.2) is 30.4 Å². The van der Waals surface area contributed by atoms with E-state index in [2.05, 4.69) is 5.32 Å². The number of nitro benzene ring substituents is 1. The van der Waals surface area contributed by atoms with Gasteiger partial charge in [-0.05, 0) is 51.5 Å². The van der Waals surface area contributed by atoms with E-state index >= 15 is 0 Å². The Hall–Kier alpha value is -2.58. The molecule has 7 nitrogen and oxygen atoms in total. The topological polar surface area (TPSA) is 82.9 Å². The van der Waals surface area contributed by atoms with E-state index in [9.17, 15) is 10.1 Å². The van der Waals surface area contributed by atoms with Crippen molar-refractivity contribution in [1.82, 2.24) is 0 Å². The predicted octanol–water partition coefficient (Wildman–Crippen LogP) is 3.51. The third-order valence-corrected chi connectivity index (χ3v) is 5.40. The molecule has 1 fully saturated rings. The molecule has 0 radical (unpaired) electrons. The van der Waals surface area contributed by atoms with E-state index in [0.717, 1.165) is 11.3 Å². The Morgan fingerprint density at radius 2 is 1.68 bits per heavy atom. The quantitative estimate of drug-likeness (QED) is 0.466. The van der Waals surface area contributed by atoms with Crippen LogP contribution in [0.4, 0.5) is 11.4 Å². The van der Waals surface area contributed by atoms with Crippen LogP contribution in [0.3, 0.4) is 0 Å². The standard InChI is InChI=1S/C20H25BN2O5/c1-19(2)20(3,4)28-21(27-19)16-7-6-8-17(18(16)23(24)25)22-13-14-9-11-15(26-5)12-10-14/h6-12,22H,13H2,1-5H3. The number of anilines is 1. The van der Waals surface area contributed by atoms with Gasteiger partial charge in [0, 0.05) is 6.54 Å². The highest BCUT2D eigenvalue weighted by Gasteiger charge is 2.53. The number of para-hydroxylation sites is 1. The maximum absolute atomic E-state index is 11.9. The molecule has 2 aromatic carbocycles. The molecule has 148 valence electrons. The molecule has 2 aromatic rings. The highest BCUT2D eigenvalue weighted by molar-refractivity contribution is 6.63. The van der Waals surface area contributed by atoms with Crippen LogP contribution in [-0.2, 0) is 15.9 Å². The number of benzene rings is 2. The number of hydrogen-bond acceptors (Lipinski definition) is 6. The number of nitro groups is 1. The van der Waals surface area contributed by atoms with Gasteiger partial charge in [-0.1, -0.05) is 24.3 Å². The van der Waals surface area contributed by atoms with Gasteiger partial charge in [0.2, 0.25) is 0 Å². The van der Waals surface area contributed by atoms with E-state index in [0.29, 0.717) is 17.7 Å². The van der Waals surface area contributed by atoms with Crippen molar-refractivity contribution in [3.8, 4) is 5.75 Å². The summed E-state index contributed by atoms with van der Waals surface area (Å²) in [6.45, 7) is 8.13. The lowest BCUT2D eigenvalue weighted by Crippen LogP contribution is -2.41. The number of nitrogens with zero attached hydrogens (tertiary/aromatic N) is 1. The molecule has 0 aromatic heterocycles. The molecule has 0 aliphatic carbocycles. The van der Waals surface area contributed by atoms with Gasteiger partial charge in [-0.15, -0.1) is 0 Å². The summed E-state index contributed by atoms with van der Waals surface area (Å²) in [5, 5.41) is 15.0. The van der Waals surface area contributed by atoms with Crippen LogP contribution in [0, 0.1) is 10.1 Å². The first-order valence-electron chi connectivity index (χ1n) is 9.14. The minimum atomic E-state index is -0.798. The van der Waals surface area contributed by atoms with Crippen LogP contribution in [0.25, 0.3) is 0 Å². The molecule has 8 heteroatoms. The molecule has 0 atom stereocenters. The summed E-state index contributed by atoms with van der Waals surface area (Å²) in [6.07, 6.45) is 0. The number of hydrogen-bond donors (Lipinski definition) is 1. The third kappa shape index (κ3) is 3.83. The normalized spacial score (nSPS) is 17.4. The van der Waals surface area contributed by atoms with E-state index in [1.54, 1.807) is 25.3 Å². The largest absolute Gasteiger partial charge is 0.502 e. The molecular weight excluding hydrogens is 359 g/mol. The average Bonchev–Trinajstić information content (AvgIpc) is 2.87. The first-order chi connectivity index (χ1) is 13.1. The third-order valence-electron chi connectivity index (χ3n) is 5.40. The van der Waals surface area contributed by atoms with Gasteiger partial charge in [-0.3, -0.25) is 10.1 Å². The van der Waals surface area contributed by atoms with E-state index < -0.39 is 23.2 Å². The Labute approximate surface area is 165 Å². The highest BCUT2D eigenvalue weighted by atomic mass is 16.7. The SMILES string of the molecule is COc1ccc(CNc2cccc(B3OC(C)(C)C(C)(C)O3)c2[N+](=O)[O-])cc1. The Morgan fingerprint density at radius 1 is 1.07 bits per heavy atom. The molecule has 0 unspecified atom stereocenters.